The summed E-state index contributed by atoms with van der Waals surface area (Å²) in [6.45, 7) is 3.07. The molecular weight excluding hydrogens is 446 g/mol. The highest BCUT2D eigenvalue weighted by Gasteiger charge is 2.48. The van der Waals surface area contributed by atoms with Gasteiger partial charge in [0, 0.05) is 35.4 Å². The molecule has 1 aromatic carbocycles. The predicted octanol–water partition coefficient (Wildman–Crippen LogP) is 3.05. The fraction of sp³-hybridized carbons (Fsp3) is 0.391. The van der Waals surface area contributed by atoms with E-state index in [0.717, 1.165) is 24.2 Å². The Morgan fingerprint density at radius 1 is 1.21 bits per heavy atom. The van der Waals surface area contributed by atoms with E-state index < -0.39 is 24.0 Å². The fourth-order valence-corrected chi connectivity index (χ4v) is 4.68. The van der Waals surface area contributed by atoms with Crippen LogP contribution in [0.5, 0.6) is 0 Å². The number of carbonyl (C=O) groups excluding carboxylic acids is 3. The highest BCUT2D eigenvalue weighted by molar-refractivity contribution is 6.31. The monoisotopic (exact) mass is 469 g/mol. The van der Waals surface area contributed by atoms with Crippen LogP contribution in [0.25, 0.3) is 5.78 Å². The third-order valence-electron chi connectivity index (χ3n) is 6.05. The first-order chi connectivity index (χ1) is 15.7. The highest BCUT2D eigenvalue weighted by Crippen LogP contribution is 2.42. The molecule has 0 spiro atoms. The SMILES string of the molecule is Cc1cc(C)n2nc(C(=O)OCC(=O)N(C)[C@@]3(c4ccccc4Cl)CCCCC3=O)nc2n1. The lowest BCUT2D eigenvalue weighted by molar-refractivity contribution is -0.150. The van der Waals surface area contributed by atoms with Gasteiger partial charge in [0.25, 0.3) is 17.5 Å². The first kappa shape index (κ1) is 22.8. The molecule has 0 N–H and O–H groups in total. The number of hydrogen-bond donors (Lipinski definition) is 0. The van der Waals surface area contributed by atoms with Gasteiger partial charge in [-0.25, -0.2) is 14.3 Å². The minimum Gasteiger partial charge on any atom is -0.450 e. The molecule has 1 amide bonds. The lowest BCUT2D eigenvalue weighted by Crippen LogP contribution is -2.55. The Kier molecular flexibility index (Phi) is 6.16. The maximum Gasteiger partial charge on any atom is 0.378 e. The Hall–Kier alpha value is -3.33. The van der Waals surface area contributed by atoms with Gasteiger partial charge in [0.1, 0.15) is 5.54 Å². The number of hydrogen-bond acceptors (Lipinski definition) is 7. The number of ether oxygens (including phenoxy) is 1. The molecule has 4 rings (SSSR count). The number of benzene rings is 1. The van der Waals surface area contributed by atoms with Gasteiger partial charge in [-0.15, -0.1) is 5.10 Å². The molecule has 172 valence electrons. The molecule has 1 atom stereocenters. The second-order valence-corrected chi connectivity index (χ2v) is 8.59. The first-order valence-electron chi connectivity index (χ1n) is 10.7. The summed E-state index contributed by atoms with van der Waals surface area (Å²) in [4.78, 5) is 48.5. The molecule has 3 aromatic rings. The Labute approximate surface area is 195 Å². The van der Waals surface area contributed by atoms with E-state index in [1.54, 1.807) is 31.3 Å². The Balaban J connectivity index is 1.54. The number of aromatic nitrogens is 4. The summed E-state index contributed by atoms with van der Waals surface area (Å²) in [6.07, 6.45) is 2.32. The van der Waals surface area contributed by atoms with Crippen LogP contribution in [0.2, 0.25) is 5.02 Å². The van der Waals surface area contributed by atoms with Gasteiger partial charge in [0.2, 0.25) is 0 Å². The number of esters is 1. The van der Waals surface area contributed by atoms with Crippen LogP contribution in [0.4, 0.5) is 0 Å². The van der Waals surface area contributed by atoms with Gasteiger partial charge in [0.05, 0.1) is 0 Å². The van der Waals surface area contributed by atoms with E-state index in [4.69, 9.17) is 16.3 Å². The second kappa shape index (κ2) is 8.90. The minimum absolute atomic E-state index is 0.0806. The molecule has 0 unspecified atom stereocenters. The number of carbonyl (C=O) groups is 3. The Morgan fingerprint density at radius 2 is 1.97 bits per heavy atom. The largest absolute Gasteiger partial charge is 0.450 e. The van der Waals surface area contributed by atoms with Crippen LogP contribution in [0.1, 0.15) is 53.3 Å². The maximum absolute atomic E-state index is 13.1. The number of nitrogens with zero attached hydrogens (tertiary/aromatic N) is 5. The smallest absolute Gasteiger partial charge is 0.378 e. The molecule has 1 aliphatic carbocycles. The average molecular weight is 470 g/mol. The van der Waals surface area contributed by atoms with Crippen LogP contribution < -0.4 is 0 Å². The fourth-order valence-electron chi connectivity index (χ4n) is 4.38. The van der Waals surface area contributed by atoms with E-state index in [1.807, 2.05) is 19.9 Å². The van der Waals surface area contributed by atoms with Gasteiger partial charge in [-0.05, 0) is 45.2 Å². The zero-order valence-electron chi connectivity index (χ0n) is 18.7. The standard InChI is InChI=1S/C23H24ClN5O4/c1-14-12-15(2)29-22(25-14)26-20(27-29)21(32)33-13-19(31)28(3)23(11-7-6-10-18(23)30)16-8-4-5-9-17(16)24/h4-5,8-9,12H,6-7,10-11,13H2,1-3H3/t23-/m1/s1. The molecule has 0 aliphatic heterocycles. The van der Waals surface area contributed by atoms with Crippen molar-refractivity contribution < 1.29 is 19.1 Å². The summed E-state index contributed by atoms with van der Waals surface area (Å²) in [6, 6.07) is 8.84. The number of rotatable bonds is 5. The van der Waals surface area contributed by atoms with Crippen molar-refractivity contribution in [3.8, 4) is 0 Å². The van der Waals surface area contributed by atoms with Gasteiger partial charge < -0.3 is 9.64 Å². The lowest BCUT2D eigenvalue weighted by atomic mass is 9.74. The molecule has 9 nitrogen and oxygen atoms in total. The van der Waals surface area contributed by atoms with E-state index in [-0.39, 0.29) is 17.4 Å². The molecular formula is C23H24ClN5O4. The number of likely N-dealkylation sites (N-methyl/N-ethyl adjacent to an activating group) is 1. The third kappa shape index (κ3) is 4.08. The van der Waals surface area contributed by atoms with Crippen molar-refractivity contribution in [2.24, 2.45) is 0 Å². The molecule has 0 radical (unpaired) electrons. The van der Waals surface area contributed by atoms with Crippen molar-refractivity contribution in [3.63, 3.8) is 0 Å². The first-order valence-corrected chi connectivity index (χ1v) is 11.0. The van der Waals surface area contributed by atoms with Crippen molar-refractivity contribution in [1.29, 1.82) is 0 Å². The average Bonchev–Trinajstić information content (AvgIpc) is 3.22. The number of fused-ring (bicyclic) bond motifs is 1. The van der Waals surface area contributed by atoms with Crippen LogP contribution >= 0.6 is 11.6 Å². The van der Waals surface area contributed by atoms with Crippen molar-refractivity contribution >= 4 is 35.0 Å². The number of ketones is 1. The van der Waals surface area contributed by atoms with Crippen LogP contribution in [0.3, 0.4) is 0 Å². The van der Waals surface area contributed by atoms with Gasteiger partial charge in [0.15, 0.2) is 12.4 Å². The van der Waals surface area contributed by atoms with Crippen LogP contribution in [0.15, 0.2) is 30.3 Å². The molecule has 2 aromatic heterocycles. The number of amides is 1. The third-order valence-corrected chi connectivity index (χ3v) is 6.38. The van der Waals surface area contributed by atoms with E-state index in [1.165, 1.54) is 9.42 Å². The Morgan fingerprint density at radius 3 is 2.70 bits per heavy atom. The minimum atomic E-state index is -1.19. The number of halogens is 1. The predicted molar refractivity (Wildman–Crippen MR) is 120 cm³/mol. The van der Waals surface area contributed by atoms with Crippen molar-refractivity contribution in [2.45, 2.75) is 45.1 Å². The molecule has 1 fully saturated rings. The normalized spacial score (nSPS) is 18.4. The number of aryl methyl sites for hydroxylation is 2. The van der Waals surface area contributed by atoms with Crippen LogP contribution in [0, 0.1) is 13.8 Å². The Bertz CT molecular complexity index is 1260. The summed E-state index contributed by atoms with van der Waals surface area (Å²) in [7, 11) is 1.54. The summed E-state index contributed by atoms with van der Waals surface area (Å²) < 4.78 is 6.64. The van der Waals surface area contributed by atoms with Gasteiger partial charge in [-0.2, -0.15) is 4.98 Å². The van der Waals surface area contributed by atoms with Crippen LogP contribution in [-0.2, 0) is 19.9 Å². The summed E-state index contributed by atoms with van der Waals surface area (Å²) in [5, 5.41) is 4.54. The van der Waals surface area contributed by atoms with E-state index >= 15 is 0 Å². The van der Waals surface area contributed by atoms with Crippen LogP contribution in [-0.4, -0.2) is 55.8 Å². The van der Waals surface area contributed by atoms with Crippen molar-refractivity contribution in [3.05, 3.63) is 58.1 Å². The molecule has 1 aliphatic rings. The summed E-state index contributed by atoms with van der Waals surface area (Å²) in [5.74, 6) is -1.37. The molecule has 2 heterocycles. The van der Waals surface area contributed by atoms with E-state index in [0.29, 0.717) is 23.4 Å². The maximum atomic E-state index is 13.1. The molecule has 0 saturated heterocycles. The second-order valence-electron chi connectivity index (χ2n) is 8.19. The number of Topliss-reactive ketones (excluding diaryl/α,β-unsaturated/α-hetero) is 1. The molecule has 0 bridgehead atoms. The molecule has 1 saturated carbocycles. The van der Waals surface area contributed by atoms with Crippen molar-refractivity contribution in [2.75, 3.05) is 13.7 Å². The van der Waals surface area contributed by atoms with Gasteiger partial charge in [-0.3, -0.25) is 9.59 Å². The zero-order valence-corrected chi connectivity index (χ0v) is 19.4. The highest BCUT2D eigenvalue weighted by atomic mass is 35.5. The van der Waals surface area contributed by atoms with E-state index in [9.17, 15) is 14.4 Å². The summed E-state index contributed by atoms with van der Waals surface area (Å²) in [5.41, 5.74) is 0.890. The van der Waals surface area contributed by atoms with Gasteiger partial charge in [-0.1, -0.05) is 29.8 Å². The molecule has 10 heteroatoms. The quantitative estimate of drug-likeness (QED) is 0.528. The zero-order chi connectivity index (χ0) is 23.8. The van der Waals surface area contributed by atoms with Crippen molar-refractivity contribution in [1.82, 2.24) is 24.5 Å². The summed E-state index contributed by atoms with van der Waals surface area (Å²) >= 11 is 6.43. The van der Waals surface area contributed by atoms with E-state index in [2.05, 4.69) is 15.1 Å². The van der Waals surface area contributed by atoms with Gasteiger partial charge >= 0.3 is 5.97 Å². The lowest BCUT2D eigenvalue weighted by Gasteiger charge is -2.43. The topological polar surface area (TPSA) is 107 Å². The molecule has 33 heavy (non-hydrogen) atoms.